The molecule has 3 heteroatoms. The molecule has 2 unspecified atom stereocenters. The van der Waals surface area contributed by atoms with Gasteiger partial charge in [0.05, 0.1) is 6.10 Å². The van der Waals surface area contributed by atoms with Gasteiger partial charge in [0.2, 0.25) is 0 Å². The van der Waals surface area contributed by atoms with Gasteiger partial charge in [0, 0.05) is 10.9 Å². The highest BCUT2D eigenvalue weighted by molar-refractivity contribution is 6.30. The molecule has 1 saturated carbocycles. The first-order valence-corrected chi connectivity index (χ1v) is 7.73. The molecule has 3 N–H and O–H groups in total. The molecule has 1 aromatic carbocycles. The fourth-order valence-electron chi connectivity index (χ4n) is 3.23. The van der Waals surface area contributed by atoms with E-state index in [2.05, 4.69) is 0 Å². The van der Waals surface area contributed by atoms with Crippen molar-refractivity contribution < 1.29 is 5.11 Å². The van der Waals surface area contributed by atoms with Gasteiger partial charge in [-0.05, 0) is 43.0 Å². The lowest BCUT2D eigenvalue weighted by atomic mass is 9.77. The lowest BCUT2D eigenvalue weighted by Crippen LogP contribution is -2.32. The quantitative estimate of drug-likeness (QED) is 0.887. The second-order valence-electron chi connectivity index (χ2n) is 5.62. The van der Waals surface area contributed by atoms with Gasteiger partial charge in [-0.2, -0.15) is 0 Å². The third-order valence-corrected chi connectivity index (χ3v) is 4.60. The van der Waals surface area contributed by atoms with Crippen molar-refractivity contribution >= 4 is 11.6 Å². The Labute approximate surface area is 121 Å². The van der Waals surface area contributed by atoms with Crippen molar-refractivity contribution in [1.82, 2.24) is 0 Å². The van der Waals surface area contributed by atoms with E-state index < -0.39 is 0 Å². The summed E-state index contributed by atoms with van der Waals surface area (Å²) >= 11 is 5.94. The molecule has 3 atom stereocenters. The van der Waals surface area contributed by atoms with Crippen molar-refractivity contribution in [2.45, 2.75) is 50.5 Å². The number of benzene rings is 1. The maximum Gasteiger partial charge on any atom is 0.0574 e. The van der Waals surface area contributed by atoms with Crippen LogP contribution in [0.3, 0.4) is 0 Å². The minimum absolute atomic E-state index is 0.218. The van der Waals surface area contributed by atoms with E-state index in [4.69, 9.17) is 17.3 Å². The largest absolute Gasteiger partial charge is 0.393 e. The third kappa shape index (κ3) is 3.95. The normalized spacial score (nSPS) is 26.5. The summed E-state index contributed by atoms with van der Waals surface area (Å²) in [6, 6.07) is 7.92. The van der Waals surface area contributed by atoms with Gasteiger partial charge in [-0.3, -0.25) is 0 Å². The molecule has 1 aromatic rings. The summed E-state index contributed by atoms with van der Waals surface area (Å²) in [5.74, 6) is 0.525. The van der Waals surface area contributed by atoms with E-state index in [9.17, 15) is 5.11 Å². The lowest BCUT2D eigenvalue weighted by molar-refractivity contribution is 0.0697. The molecule has 2 nitrogen and oxygen atoms in total. The Morgan fingerprint density at radius 3 is 2.37 bits per heavy atom. The highest BCUT2D eigenvalue weighted by atomic mass is 35.5. The first-order chi connectivity index (χ1) is 9.22. The van der Waals surface area contributed by atoms with Crippen LogP contribution in [0.4, 0.5) is 0 Å². The molecule has 1 aliphatic rings. The SMILES string of the molecule is NC[C@@H](c1ccc(Cl)cc1)C1CCCCCCC1O. The van der Waals surface area contributed by atoms with Gasteiger partial charge in [0.25, 0.3) is 0 Å². The highest BCUT2D eigenvalue weighted by Gasteiger charge is 2.28. The molecule has 0 amide bonds. The molecule has 1 aliphatic carbocycles. The van der Waals surface area contributed by atoms with Crippen LogP contribution in [0, 0.1) is 5.92 Å². The van der Waals surface area contributed by atoms with Gasteiger partial charge in [0.15, 0.2) is 0 Å². The summed E-state index contributed by atoms with van der Waals surface area (Å²) in [5, 5.41) is 11.2. The highest BCUT2D eigenvalue weighted by Crippen LogP contribution is 2.34. The Morgan fingerprint density at radius 1 is 1.11 bits per heavy atom. The molecule has 19 heavy (non-hydrogen) atoms. The molecule has 0 spiro atoms. The zero-order chi connectivity index (χ0) is 13.7. The number of hydrogen-bond acceptors (Lipinski definition) is 2. The van der Waals surface area contributed by atoms with Crippen LogP contribution >= 0.6 is 11.6 Å². The molecule has 1 fully saturated rings. The van der Waals surface area contributed by atoms with Crippen molar-refractivity contribution in [1.29, 1.82) is 0 Å². The lowest BCUT2D eigenvalue weighted by Gasteiger charge is -2.32. The van der Waals surface area contributed by atoms with Gasteiger partial charge in [-0.15, -0.1) is 0 Å². The van der Waals surface area contributed by atoms with E-state index in [0.717, 1.165) is 24.3 Å². The molecule has 0 radical (unpaired) electrons. The van der Waals surface area contributed by atoms with Crippen LogP contribution in [0.1, 0.15) is 50.0 Å². The van der Waals surface area contributed by atoms with E-state index in [1.165, 1.54) is 24.8 Å². The van der Waals surface area contributed by atoms with Crippen LogP contribution in [0.15, 0.2) is 24.3 Å². The molecular weight excluding hydrogens is 258 g/mol. The van der Waals surface area contributed by atoms with Crippen LogP contribution in [0.25, 0.3) is 0 Å². The van der Waals surface area contributed by atoms with Crippen molar-refractivity contribution in [2.24, 2.45) is 11.7 Å². The van der Waals surface area contributed by atoms with Crippen molar-refractivity contribution in [3.63, 3.8) is 0 Å². The summed E-state index contributed by atoms with van der Waals surface area (Å²) in [5.41, 5.74) is 7.19. The van der Waals surface area contributed by atoms with Crippen molar-refractivity contribution in [3.8, 4) is 0 Å². The molecule has 106 valence electrons. The molecule has 0 bridgehead atoms. The number of aliphatic hydroxyl groups is 1. The fourth-order valence-corrected chi connectivity index (χ4v) is 3.36. The van der Waals surface area contributed by atoms with E-state index in [1.54, 1.807) is 0 Å². The second-order valence-corrected chi connectivity index (χ2v) is 6.05. The molecule has 0 aromatic heterocycles. The van der Waals surface area contributed by atoms with Gasteiger partial charge < -0.3 is 10.8 Å². The van der Waals surface area contributed by atoms with Crippen LogP contribution in [-0.2, 0) is 0 Å². The topological polar surface area (TPSA) is 46.2 Å². The zero-order valence-corrected chi connectivity index (χ0v) is 12.1. The average molecular weight is 282 g/mol. The molecule has 0 aliphatic heterocycles. The summed E-state index contributed by atoms with van der Waals surface area (Å²) in [4.78, 5) is 0. The summed E-state index contributed by atoms with van der Waals surface area (Å²) in [6.45, 7) is 0.587. The van der Waals surface area contributed by atoms with E-state index in [0.29, 0.717) is 6.54 Å². The maximum absolute atomic E-state index is 10.4. The summed E-state index contributed by atoms with van der Waals surface area (Å²) in [6.07, 6.45) is 6.63. The zero-order valence-electron chi connectivity index (χ0n) is 11.4. The minimum Gasteiger partial charge on any atom is -0.393 e. The van der Waals surface area contributed by atoms with Crippen LogP contribution in [-0.4, -0.2) is 17.8 Å². The van der Waals surface area contributed by atoms with Crippen molar-refractivity contribution in [3.05, 3.63) is 34.9 Å². The molecule has 2 rings (SSSR count). The Balaban J connectivity index is 2.16. The Kier molecular flexibility index (Phi) is 5.68. The number of nitrogens with two attached hydrogens (primary N) is 1. The fraction of sp³-hybridized carbons (Fsp3) is 0.625. The van der Waals surface area contributed by atoms with E-state index in [1.807, 2.05) is 24.3 Å². The molecule has 0 saturated heterocycles. The predicted octanol–water partition coefficient (Wildman–Crippen LogP) is 3.71. The Morgan fingerprint density at radius 2 is 1.74 bits per heavy atom. The minimum atomic E-state index is -0.218. The van der Waals surface area contributed by atoms with Crippen LogP contribution < -0.4 is 5.73 Å². The number of aliphatic hydroxyl groups excluding tert-OH is 1. The number of hydrogen-bond donors (Lipinski definition) is 2. The van der Waals surface area contributed by atoms with Crippen molar-refractivity contribution in [2.75, 3.05) is 6.54 Å². The standard InChI is InChI=1S/C16H24ClNO/c17-13-9-7-12(8-10-13)15(11-18)14-5-3-1-2-4-6-16(14)19/h7-10,14-16,19H,1-6,11,18H2/t14?,15-,16?/m0/s1. The second kappa shape index (κ2) is 7.28. The maximum atomic E-state index is 10.4. The smallest absolute Gasteiger partial charge is 0.0574 e. The Hall–Kier alpha value is -0.570. The first-order valence-electron chi connectivity index (χ1n) is 7.36. The Bertz CT molecular complexity index is 379. The average Bonchev–Trinajstić information content (AvgIpc) is 2.40. The number of halogens is 1. The van der Waals surface area contributed by atoms with E-state index >= 15 is 0 Å². The summed E-state index contributed by atoms with van der Waals surface area (Å²) in [7, 11) is 0. The monoisotopic (exact) mass is 281 g/mol. The molecular formula is C16H24ClNO. The van der Waals surface area contributed by atoms with E-state index in [-0.39, 0.29) is 17.9 Å². The van der Waals surface area contributed by atoms with Crippen LogP contribution in [0.2, 0.25) is 5.02 Å². The van der Waals surface area contributed by atoms with Gasteiger partial charge in [-0.25, -0.2) is 0 Å². The van der Waals surface area contributed by atoms with Crippen LogP contribution in [0.5, 0.6) is 0 Å². The molecule has 0 heterocycles. The number of rotatable bonds is 3. The third-order valence-electron chi connectivity index (χ3n) is 4.35. The summed E-state index contributed by atoms with van der Waals surface area (Å²) < 4.78 is 0. The van der Waals surface area contributed by atoms with Gasteiger partial charge in [-0.1, -0.05) is 49.4 Å². The predicted molar refractivity (Wildman–Crippen MR) is 80.4 cm³/mol. The van der Waals surface area contributed by atoms with Gasteiger partial charge >= 0.3 is 0 Å². The van der Waals surface area contributed by atoms with Gasteiger partial charge in [0.1, 0.15) is 0 Å². The first kappa shape index (κ1) is 14.8.